The number of nitrogens with one attached hydrogen (secondary N) is 1. The number of carbonyl (C=O) groups excluding carboxylic acids is 1. The Balaban J connectivity index is 1.45. The third kappa shape index (κ3) is 4.42. The van der Waals surface area contributed by atoms with E-state index in [1.165, 1.54) is 0 Å². The van der Waals surface area contributed by atoms with E-state index in [0.29, 0.717) is 10.6 Å². The summed E-state index contributed by atoms with van der Waals surface area (Å²) >= 11 is 6.19. The number of benzene rings is 3. The van der Waals surface area contributed by atoms with Crippen molar-refractivity contribution >= 4 is 23.7 Å². The van der Waals surface area contributed by atoms with Crippen LogP contribution in [0.5, 0.6) is 0 Å². The van der Waals surface area contributed by atoms with Crippen LogP contribution in [-0.2, 0) is 16.0 Å². The van der Waals surface area contributed by atoms with Crippen molar-refractivity contribution in [1.29, 1.82) is 0 Å². The smallest absolute Gasteiger partial charge is 0.407 e. The van der Waals surface area contributed by atoms with Gasteiger partial charge in [0.2, 0.25) is 0 Å². The molecule has 0 aromatic heterocycles. The zero-order valence-electron chi connectivity index (χ0n) is 17.0. The van der Waals surface area contributed by atoms with Gasteiger partial charge in [0.15, 0.2) is 0 Å². The highest BCUT2D eigenvalue weighted by atomic mass is 35.5. The van der Waals surface area contributed by atoms with Gasteiger partial charge in [-0.1, -0.05) is 77.8 Å². The molecule has 1 amide bonds. The average molecular weight is 436 g/mol. The van der Waals surface area contributed by atoms with Gasteiger partial charge in [-0.05, 0) is 40.8 Å². The first-order valence-corrected chi connectivity index (χ1v) is 10.4. The number of aliphatic carboxylic acids is 1. The van der Waals surface area contributed by atoms with E-state index in [-0.39, 0.29) is 18.9 Å². The van der Waals surface area contributed by atoms with Gasteiger partial charge in [-0.3, -0.25) is 0 Å². The molecule has 4 rings (SSSR count). The lowest BCUT2D eigenvalue weighted by atomic mass is 9.98. The molecule has 0 saturated carbocycles. The van der Waals surface area contributed by atoms with E-state index >= 15 is 0 Å². The van der Waals surface area contributed by atoms with Gasteiger partial charge in [-0.15, -0.1) is 0 Å². The van der Waals surface area contributed by atoms with Crippen LogP contribution in [0.15, 0.2) is 66.7 Å². The fourth-order valence-electron chi connectivity index (χ4n) is 4.06. The summed E-state index contributed by atoms with van der Waals surface area (Å²) in [5, 5.41) is 12.5. The monoisotopic (exact) mass is 435 g/mol. The molecule has 3 aromatic rings. The second kappa shape index (κ2) is 8.82. The van der Waals surface area contributed by atoms with E-state index in [4.69, 9.17) is 16.3 Å². The number of halogens is 1. The number of hydrogen-bond donors (Lipinski definition) is 2. The molecule has 0 radical (unpaired) electrons. The Kier molecular flexibility index (Phi) is 5.96. The molecule has 0 unspecified atom stereocenters. The molecule has 0 spiro atoms. The molecule has 1 aliphatic carbocycles. The van der Waals surface area contributed by atoms with E-state index in [9.17, 15) is 14.7 Å². The van der Waals surface area contributed by atoms with Gasteiger partial charge in [0.25, 0.3) is 0 Å². The first-order chi connectivity index (χ1) is 14.9. The highest BCUT2D eigenvalue weighted by molar-refractivity contribution is 6.31. The molecule has 1 aliphatic rings. The SMILES string of the molecule is Cc1ccc(Cl)c(C[C@H](NC(=O)OCC2c3ccccc3-c3ccccc32)C(=O)O)c1. The maximum Gasteiger partial charge on any atom is 0.407 e. The Bertz CT molecular complexity index is 1100. The van der Waals surface area contributed by atoms with Gasteiger partial charge in [-0.25, -0.2) is 9.59 Å². The van der Waals surface area contributed by atoms with Crippen LogP contribution in [0, 0.1) is 6.92 Å². The highest BCUT2D eigenvalue weighted by Crippen LogP contribution is 2.44. The number of alkyl carbamates (subject to hydrolysis) is 1. The van der Waals surface area contributed by atoms with Crippen LogP contribution in [0.4, 0.5) is 4.79 Å². The van der Waals surface area contributed by atoms with Gasteiger partial charge < -0.3 is 15.2 Å². The maximum absolute atomic E-state index is 12.5. The average Bonchev–Trinajstić information content (AvgIpc) is 3.08. The third-order valence-electron chi connectivity index (χ3n) is 5.56. The Labute approximate surface area is 185 Å². The minimum Gasteiger partial charge on any atom is -0.480 e. The number of hydrogen-bond acceptors (Lipinski definition) is 3. The molecule has 0 fully saturated rings. The number of carboxylic acid groups (broad SMARTS) is 1. The van der Waals surface area contributed by atoms with Gasteiger partial charge in [-0.2, -0.15) is 0 Å². The Morgan fingerprint density at radius 3 is 2.26 bits per heavy atom. The predicted octanol–water partition coefficient (Wildman–Crippen LogP) is 5.18. The number of ether oxygens (including phenoxy) is 1. The maximum atomic E-state index is 12.5. The molecule has 0 bridgehead atoms. The lowest BCUT2D eigenvalue weighted by molar-refractivity contribution is -0.139. The molecular weight excluding hydrogens is 414 g/mol. The van der Waals surface area contributed by atoms with E-state index in [1.54, 1.807) is 6.07 Å². The van der Waals surface area contributed by atoms with Crippen molar-refractivity contribution in [2.45, 2.75) is 25.3 Å². The van der Waals surface area contributed by atoms with Gasteiger partial charge in [0, 0.05) is 17.4 Å². The summed E-state index contributed by atoms with van der Waals surface area (Å²) in [5.41, 5.74) is 6.07. The molecule has 0 heterocycles. The summed E-state index contributed by atoms with van der Waals surface area (Å²) in [5.74, 6) is -1.24. The van der Waals surface area contributed by atoms with Crippen LogP contribution in [0.3, 0.4) is 0 Å². The lowest BCUT2D eigenvalue weighted by Gasteiger charge is -2.18. The van der Waals surface area contributed by atoms with Gasteiger partial charge >= 0.3 is 12.1 Å². The minimum atomic E-state index is -1.15. The summed E-state index contributed by atoms with van der Waals surface area (Å²) in [7, 11) is 0. The normalized spacial score (nSPS) is 13.2. The number of carboxylic acids is 1. The first kappa shape index (κ1) is 20.9. The molecule has 158 valence electrons. The number of amides is 1. The zero-order valence-corrected chi connectivity index (χ0v) is 17.7. The fraction of sp³-hybridized carbons (Fsp3) is 0.200. The Morgan fingerprint density at radius 1 is 1.03 bits per heavy atom. The highest BCUT2D eigenvalue weighted by Gasteiger charge is 2.30. The predicted molar refractivity (Wildman–Crippen MR) is 120 cm³/mol. The summed E-state index contributed by atoms with van der Waals surface area (Å²) in [4.78, 5) is 24.2. The number of rotatable bonds is 6. The van der Waals surface area contributed by atoms with E-state index in [2.05, 4.69) is 17.4 Å². The van der Waals surface area contributed by atoms with Crippen molar-refractivity contribution in [2.24, 2.45) is 0 Å². The summed E-state index contributed by atoms with van der Waals surface area (Å²) in [6.45, 7) is 2.02. The van der Waals surface area contributed by atoms with Crippen molar-refractivity contribution in [3.05, 3.63) is 94.0 Å². The van der Waals surface area contributed by atoms with Crippen molar-refractivity contribution in [3.63, 3.8) is 0 Å². The van der Waals surface area contributed by atoms with Crippen molar-refractivity contribution in [1.82, 2.24) is 5.32 Å². The molecule has 3 aromatic carbocycles. The summed E-state index contributed by atoms with van der Waals surface area (Å²) < 4.78 is 5.47. The van der Waals surface area contributed by atoms with Crippen LogP contribution < -0.4 is 5.32 Å². The lowest BCUT2D eigenvalue weighted by Crippen LogP contribution is -2.43. The largest absolute Gasteiger partial charge is 0.480 e. The molecule has 6 heteroatoms. The topological polar surface area (TPSA) is 75.6 Å². The molecule has 0 saturated heterocycles. The van der Waals surface area contributed by atoms with Crippen LogP contribution in [0.25, 0.3) is 11.1 Å². The molecule has 5 nitrogen and oxygen atoms in total. The Morgan fingerprint density at radius 2 is 1.65 bits per heavy atom. The molecular formula is C25H22ClNO4. The van der Waals surface area contributed by atoms with Gasteiger partial charge in [0.1, 0.15) is 12.6 Å². The van der Waals surface area contributed by atoms with Crippen LogP contribution >= 0.6 is 11.6 Å². The quantitative estimate of drug-likeness (QED) is 0.559. The van der Waals surface area contributed by atoms with Crippen molar-refractivity contribution in [2.75, 3.05) is 6.61 Å². The second-order valence-electron chi connectivity index (χ2n) is 7.66. The molecule has 31 heavy (non-hydrogen) atoms. The number of aryl methyl sites for hydroxylation is 1. The summed E-state index contributed by atoms with van der Waals surface area (Å²) in [6.07, 6.45) is -0.696. The van der Waals surface area contributed by atoms with Crippen LogP contribution in [0.1, 0.15) is 28.2 Å². The number of fused-ring (bicyclic) bond motifs is 3. The van der Waals surface area contributed by atoms with Crippen molar-refractivity contribution < 1.29 is 19.4 Å². The van der Waals surface area contributed by atoms with Crippen molar-refractivity contribution in [3.8, 4) is 11.1 Å². The van der Waals surface area contributed by atoms with Crippen LogP contribution in [0.2, 0.25) is 5.02 Å². The van der Waals surface area contributed by atoms with Gasteiger partial charge in [0.05, 0.1) is 0 Å². The van der Waals surface area contributed by atoms with Crippen LogP contribution in [-0.4, -0.2) is 29.8 Å². The Hall–Kier alpha value is -3.31. The van der Waals surface area contributed by atoms with E-state index < -0.39 is 18.1 Å². The number of carbonyl (C=O) groups is 2. The third-order valence-corrected chi connectivity index (χ3v) is 5.93. The molecule has 0 aliphatic heterocycles. The molecule has 1 atom stereocenters. The summed E-state index contributed by atoms with van der Waals surface area (Å²) in [6, 6.07) is 20.3. The standard InChI is InChI=1S/C25H22ClNO4/c1-15-10-11-22(26)16(12-15)13-23(24(28)29)27-25(30)31-14-21-19-8-4-2-6-17(19)18-7-3-5-9-20(18)21/h2-12,21,23H,13-14H2,1H3,(H,27,30)(H,28,29)/t23-/m0/s1. The first-order valence-electron chi connectivity index (χ1n) is 10.0. The molecule has 2 N–H and O–H groups in total. The van der Waals surface area contributed by atoms with E-state index in [1.807, 2.05) is 55.5 Å². The minimum absolute atomic E-state index is 0.0695. The second-order valence-corrected chi connectivity index (χ2v) is 8.07. The zero-order chi connectivity index (χ0) is 22.0. The van der Waals surface area contributed by atoms with E-state index in [0.717, 1.165) is 27.8 Å². The fourth-order valence-corrected chi connectivity index (χ4v) is 4.26.